The maximum atomic E-state index is 13.0. The van der Waals surface area contributed by atoms with E-state index in [9.17, 15) is 13.2 Å². The number of ether oxygens (including phenoxy) is 1. The average Bonchev–Trinajstić information content (AvgIpc) is 3.19. The van der Waals surface area contributed by atoms with Crippen molar-refractivity contribution in [3.05, 3.63) is 80.4 Å². The molecule has 1 atom stereocenters. The van der Waals surface area contributed by atoms with Crippen LogP contribution in [0.3, 0.4) is 0 Å². The lowest BCUT2D eigenvalue weighted by molar-refractivity contribution is -0.137. The van der Waals surface area contributed by atoms with Crippen LogP contribution in [0.1, 0.15) is 16.7 Å². The lowest BCUT2D eigenvalue weighted by atomic mass is 10.1. The number of nitrogens with one attached hydrogen (secondary N) is 1. The third-order valence-electron chi connectivity index (χ3n) is 4.65. The fourth-order valence-electron chi connectivity index (χ4n) is 3.17. The Hall–Kier alpha value is -2.55. The second kappa shape index (κ2) is 9.13. The number of nitrogens with zero attached hydrogens (tertiary/aromatic N) is 3. The molecule has 11 heteroatoms. The molecule has 3 aromatic rings. The predicted octanol–water partition coefficient (Wildman–Crippen LogP) is 6.21. The van der Waals surface area contributed by atoms with Gasteiger partial charge in [-0.25, -0.2) is 0 Å². The molecular weight excluding hydrogens is 488 g/mol. The molecule has 0 fully saturated rings. The molecule has 2 aromatic carbocycles. The van der Waals surface area contributed by atoms with Crippen LogP contribution in [0.5, 0.6) is 11.6 Å². The Morgan fingerprint density at radius 3 is 2.59 bits per heavy atom. The number of benzene rings is 2. The summed E-state index contributed by atoms with van der Waals surface area (Å²) in [5, 5.41) is 12.1. The summed E-state index contributed by atoms with van der Waals surface area (Å²) in [7, 11) is 0. The molecule has 0 saturated heterocycles. The summed E-state index contributed by atoms with van der Waals surface area (Å²) < 4.78 is 44.6. The highest BCUT2D eigenvalue weighted by molar-refractivity contribution is 6.35. The first-order valence-corrected chi connectivity index (χ1v) is 10.5. The van der Waals surface area contributed by atoms with Crippen LogP contribution in [-0.4, -0.2) is 28.6 Å². The minimum atomic E-state index is -4.50. The molecule has 2 heterocycles. The Balaban J connectivity index is 1.54. The Bertz CT molecular complexity index is 1190. The summed E-state index contributed by atoms with van der Waals surface area (Å²) in [6, 6.07) is 11.2. The minimum Gasteiger partial charge on any atom is -0.437 e. The van der Waals surface area contributed by atoms with Gasteiger partial charge >= 0.3 is 6.18 Å². The van der Waals surface area contributed by atoms with Crippen molar-refractivity contribution in [2.45, 2.75) is 18.6 Å². The van der Waals surface area contributed by atoms with Gasteiger partial charge in [0, 0.05) is 10.0 Å². The Labute approximate surface area is 196 Å². The molecule has 0 amide bonds. The zero-order valence-corrected chi connectivity index (χ0v) is 18.4. The quantitative estimate of drug-likeness (QED) is 0.452. The number of amidine groups is 1. The lowest BCUT2D eigenvalue weighted by Crippen LogP contribution is -2.32. The fourth-order valence-corrected chi connectivity index (χ4v) is 3.80. The summed E-state index contributed by atoms with van der Waals surface area (Å²) in [5.41, 5.74) is 0.443. The Kier molecular flexibility index (Phi) is 6.46. The van der Waals surface area contributed by atoms with Gasteiger partial charge in [-0.15, -0.1) is 10.2 Å². The Morgan fingerprint density at radius 2 is 1.84 bits per heavy atom. The van der Waals surface area contributed by atoms with Gasteiger partial charge in [0.25, 0.3) is 0 Å². The third-order valence-corrected chi connectivity index (χ3v) is 5.42. The minimum absolute atomic E-state index is 0.0230. The molecule has 0 radical (unpaired) electrons. The van der Waals surface area contributed by atoms with Crippen molar-refractivity contribution in [3.63, 3.8) is 0 Å². The third kappa shape index (κ3) is 5.26. The number of hydrogen-bond acceptors (Lipinski definition) is 5. The van der Waals surface area contributed by atoms with Crippen LogP contribution in [0.25, 0.3) is 0 Å². The molecule has 0 spiro atoms. The van der Waals surface area contributed by atoms with Crippen molar-refractivity contribution in [1.29, 1.82) is 0 Å². The zero-order valence-electron chi connectivity index (χ0n) is 16.1. The summed E-state index contributed by atoms with van der Waals surface area (Å²) in [6.07, 6.45) is -3.92. The summed E-state index contributed by atoms with van der Waals surface area (Å²) in [5.74, 6) is 0.379. The topological polar surface area (TPSA) is 59.4 Å². The average molecular weight is 502 g/mol. The van der Waals surface area contributed by atoms with Crippen LogP contribution < -0.4 is 10.1 Å². The monoisotopic (exact) mass is 500 g/mol. The highest BCUT2D eigenvalue weighted by Crippen LogP contribution is 2.33. The molecule has 0 unspecified atom stereocenters. The first-order chi connectivity index (χ1) is 15.2. The Morgan fingerprint density at radius 1 is 1.03 bits per heavy atom. The molecule has 1 aromatic heterocycles. The molecule has 0 saturated carbocycles. The number of rotatable bonds is 5. The maximum Gasteiger partial charge on any atom is 0.416 e. The van der Waals surface area contributed by atoms with E-state index in [0.29, 0.717) is 34.4 Å². The lowest BCUT2D eigenvalue weighted by Gasteiger charge is -2.15. The van der Waals surface area contributed by atoms with E-state index in [1.807, 2.05) is 6.07 Å². The van der Waals surface area contributed by atoms with Gasteiger partial charge in [-0.1, -0.05) is 46.9 Å². The van der Waals surface area contributed by atoms with Gasteiger partial charge in [-0.3, -0.25) is 4.99 Å². The second-order valence-electron chi connectivity index (χ2n) is 6.98. The number of aliphatic imine (C=N–C) groups is 1. The van der Waals surface area contributed by atoms with Gasteiger partial charge in [0.15, 0.2) is 5.15 Å². The van der Waals surface area contributed by atoms with Crippen molar-refractivity contribution >= 4 is 40.6 Å². The molecule has 166 valence electrons. The van der Waals surface area contributed by atoms with E-state index in [1.165, 1.54) is 18.2 Å². The zero-order chi connectivity index (χ0) is 22.9. The smallest absolute Gasteiger partial charge is 0.416 e. The molecule has 0 bridgehead atoms. The highest BCUT2D eigenvalue weighted by atomic mass is 35.5. The molecule has 0 aliphatic carbocycles. The van der Waals surface area contributed by atoms with Gasteiger partial charge in [0.05, 0.1) is 23.7 Å². The van der Waals surface area contributed by atoms with Gasteiger partial charge in [0.2, 0.25) is 5.88 Å². The molecule has 1 N–H and O–H groups in total. The van der Waals surface area contributed by atoms with Gasteiger partial charge in [-0.05, 0) is 48.4 Å². The summed E-state index contributed by atoms with van der Waals surface area (Å²) >= 11 is 18.2. The van der Waals surface area contributed by atoms with Crippen molar-refractivity contribution in [2.24, 2.45) is 4.99 Å². The van der Waals surface area contributed by atoms with Crippen LogP contribution >= 0.6 is 34.8 Å². The number of alkyl halides is 3. The van der Waals surface area contributed by atoms with Gasteiger partial charge in [-0.2, -0.15) is 13.2 Å². The van der Waals surface area contributed by atoms with E-state index in [0.717, 1.165) is 17.7 Å². The van der Waals surface area contributed by atoms with Crippen molar-refractivity contribution in [3.8, 4) is 11.6 Å². The normalized spacial score (nSPS) is 15.9. The van der Waals surface area contributed by atoms with Crippen LogP contribution in [0.4, 0.5) is 13.2 Å². The van der Waals surface area contributed by atoms with E-state index in [1.54, 1.807) is 12.1 Å². The van der Waals surface area contributed by atoms with Crippen molar-refractivity contribution in [1.82, 2.24) is 15.5 Å². The highest BCUT2D eigenvalue weighted by Gasteiger charge is 2.31. The number of aromatic nitrogens is 2. The van der Waals surface area contributed by atoms with E-state index in [4.69, 9.17) is 39.5 Å². The molecule has 32 heavy (non-hydrogen) atoms. The summed E-state index contributed by atoms with van der Waals surface area (Å²) in [6.45, 7) is 0.442. The second-order valence-corrected chi connectivity index (χ2v) is 8.21. The number of halogens is 6. The van der Waals surface area contributed by atoms with E-state index >= 15 is 0 Å². The van der Waals surface area contributed by atoms with Crippen molar-refractivity contribution in [2.75, 3.05) is 6.54 Å². The maximum absolute atomic E-state index is 13.0. The van der Waals surface area contributed by atoms with E-state index in [2.05, 4.69) is 20.5 Å². The summed E-state index contributed by atoms with van der Waals surface area (Å²) in [4.78, 5) is 4.48. The molecule has 5 nitrogen and oxygen atoms in total. The largest absolute Gasteiger partial charge is 0.437 e. The first kappa shape index (κ1) is 22.6. The molecular formula is C21H14Cl3F3N4O. The van der Waals surface area contributed by atoms with Gasteiger partial charge in [0.1, 0.15) is 11.6 Å². The van der Waals surface area contributed by atoms with E-state index < -0.39 is 11.7 Å². The van der Waals surface area contributed by atoms with E-state index in [-0.39, 0.29) is 22.8 Å². The molecule has 1 aliphatic heterocycles. The van der Waals surface area contributed by atoms with Crippen LogP contribution in [0.15, 0.2) is 53.5 Å². The van der Waals surface area contributed by atoms with Crippen molar-refractivity contribution < 1.29 is 17.9 Å². The van der Waals surface area contributed by atoms with Crippen LogP contribution in [-0.2, 0) is 12.6 Å². The number of hydrogen-bond donors (Lipinski definition) is 1. The standard InChI is InChI=1S/C21H14Cl3F3N4O/c22-13-5-4-11(17(23)8-13)6-14-10-28-19(29-14)16-9-18(24)30-31-20(16)32-15-3-1-2-12(7-15)21(25,26)27/h1-5,7-9,14H,6,10H2,(H,28,29)/t14-/m1/s1. The fraction of sp³-hybridized carbons (Fsp3) is 0.190. The van der Waals surface area contributed by atoms with Crippen LogP contribution in [0, 0.1) is 0 Å². The predicted molar refractivity (Wildman–Crippen MR) is 117 cm³/mol. The van der Waals surface area contributed by atoms with Crippen LogP contribution in [0.2, 0.25) is 15.2 Å². The molecule has 4 rings (SSSR count). The molecule has 1 aliphatic rings. The first-order valence-electron chi connectivity index (χ1n) is 9.32. The van der Waals surface area contributed by atoms with Gasteiger partial charge < -0.3 is 10.1 Å². The SMILES string of the molecule is FC(F)(F)c1cccc(Oc2nnc(Cl)cc2C2=NC[C@@H](Cc3ccc(Cl)cc3Cl)N2)c1.